The van der Waals surface area contributed by atoms with Gasteiger partial charge in [0.1, 0.15) is 11.6 Å². The Balaban J connectivity index is 1.88. The van der Waals surface area contributed by atoms with Crippen molar-refractivity contribution in [2.24, 2.45) is 0 Å². The predicted octanol–water partition coefficient (Wildman–Crippen LogP) is 3.07. The molecular formula is C23H19F3N2O4. The fraction of sp³-hybridized carbons (Fsp3) is 0.217. The zero-order valence-electron chi connectivity index (χ0n) is 16.9. The lowest BCUT2D eigenvalue weighted by molar-refractivity contribution is -0.288. The van der Waals surface area contributed by atoms with Crippen molar-refractivity contribution in [2.45, 2.75) is 11.9 Å². The third-order valence-corrected chi connectivity index (χ3v) is 5.48. The Bertz CT molecular complexity index is 1120. The van der Waals surface area contributed by atoms with Crippen LogP contribution in [0.2, 0.25) is 0 Å². The Morgan fingerprint density at radius 2 is 1.66 bits per heavy atom. The van der Waals surface area contributed by atoms with Gasteiger partial charge in [-0.05, 0) is 30.3 Å². The molecule has 0 aliphatic carbocycles. The van der Waals surface area contributed by atoms with Crippen LogP contribution in [0.4, 0.5) is 13.2 Å². The lowest BCUT2D eigenvalue weighted by Crippen LogP contribution is -2.62. The van der Waals surface area contributed by atoms with Crippen molar-refractivity contribution in [3.05, 3.63) is 88.8 Å². The summed E-state index contributed by atoms with van der Waals surface area (Å²) in [4.78, 5) is 27.0. The molecule has 2 N–H and O–H groups in total. The molecule has 9 heteroatoms. The molecular weight excluding hydrogens is 425 g/mol. The van der Waals surface area contributed by atoms with Crippen molar-refractivity contribution in [3.63, 3.8) is 0 Å². The summed E-state index contributed by atoms with van der Waals surface area (Å²) >= 11 is 0. The van der Waals surface area contributed by atoms with Crippen molar-refractivity contribution >= 4 is 11.6 Å². The fourth-order valence-corrected chi connectivity index (χ4v) is 3.86. The zero-order chi connectivity index (χ0) is 23.1. The minimum Gasteiger partial charge on any atom is -0.497 e. The van der Waals surface area contributed by atoms with Crippen molar-refractivity contribution < 1.29 is 32.6 Å². The van der Waals surface area contributed by atoms with E-state index in [1.54, 1.807) is 18.2 Å². The van der Waals surface area contributed by atoms with Crippen LogP contribution in [0.3, 0.4) is 0 Å². The van der Waals surface area contributed by atoms with Gasteiger partial charge in [0.05, 0.1) is 18.3 Å². The molecule has 2 aliphatic rings. The minimum atomic E-state index is -5.20. The molecule has 32 heavy (non-hydrogen) atoms. The number of nitrogens with zero attached hydrogens (tertiary/aromatic N) is 1. The molecule has 0 bridgehead atoms. The van der Waals surface area contributed by atoms with Crippen LogP contribution in [0.15, 0.2) is 77.6 Å². The smallest absolute Gasteiger partial charge is 0.441 e. The molecule has 0 saturated carbocycles. The van der Waals surface area contributed by atoms with Gasteiger partial charge >= 0.3 is 6.18 Å². The second kappa shape index (κ2) is 7.83. The maximum Gasteiger partial charge on any atom is 0.441 e. The van der Waals surface area contributed by atoms with Crippen molar-refractivity contribution in [1.29, 1.82) is 0 Å². The number of halogens is 3. The van der Waals surface area contributed by atoms with Crippen LogP contribution in [0.1, 0.15) is 20.7 Å². The van der Waals surface area contributed by atoms with Gasteiger partial charge < -0.3 is 20.1 Å². The van der Waals surface area contributed by atoms with E-state index in [0.717, 1.165) is 6.08 Å². The summed E-state index contributed by atoms with van der Waals surface area (Å²) in [6, 6.07) is 13.4. The van der Waals surface area contributed by atoms with Gasteiger partial charge in [0.15, 0.2) is 11.6 Å². The number of allylic oxidation sites excluding steroid dienone is 2. The summed E-state index contributed by atoms with van der Waals surface area (Å²) in [7, 11) is 1.46. The number of methoxy groups -OCH3 is 1. The third kappa shape index (κ3) is 3.34. The van der Waals surface area contributed by atoms with E-state index in [9.17, 15) is 27.9 Å². The Morgan fingerprint density at radius 1 is 1.03 bits per heavy atom. The number of fused-ring (bicyclic) bond motifs is 1. The minimum absolute atomic E-state index is 0.0340. The van der Waals surface area contributed by atoms with Crippen LogP contribution in [0.25, 0.3) is 0 Å². The van der Waals surface area contributed by atoms with Crippen LogP contribution in [0.5, 0.6) is 5.75 Å². The maximum atomic E-state index is 14.2. The molecule has 0 radical (unpaired) electrons. The molecule has 4 rings (SSSR count). The van der Waals surface area contributed by atoms with E-state index < -0.39 is 29.0 Å². The van der Waals surface area contributed by atoms with Gasteiger partial charge in [-0.1, -0.05) is 30.3 Å². The number of ether oxygens (including phenoxy) is 1. The molecule has 2 aromatic carbocycles. The van der Waals surface area contributed by atoms with Crippen LogP contribution in [-0.2, 0) is 0 Å². The van der Waals surface area contributed by atoms with Gasteiger partial charge in [-0.2, -0.15) is 13.2 Å². The van der Waals surface area contributed by atoms with E-state index in [2.05, 4.69) is 5.32 Å². The first-order chi connectivity index (χ1) is 15.2. The second-order valence-corrected chi connectivity index (χ2v) is 7.32. The number of carbonyl (C=O) groups is 2. The summed E-state index contributed by atoms with van der Waals surface area (Å²) in [5, 5.41) is 13.7. The molecule has 6 nitrogen and oxygen atoms in total. The zero-order valence-corrected chi connectivity index (χ0v) is 16.9. The largest absolute Gasteiger partial charge is 0.497 e. The molecule has 0 spiro atoms. The molecule has 1 saturated heterocycles. The molecule has 2 heterocycles. The topological polar surface area (TPSA) is 78.9 Å². The average Bonchev–Trinajstić information content (AvgIpc) is 3.29. The number of aliphatic hydroxyl groups is 1. The number of nitrogens with one attached hydrogen (secondary N) is 1. The Kier molecular flexibility index (Phi) is 5.29. The summed E-state index contributed by atoms with van der Waals surface area (Å²) in [5.74, 6) is -1.28. The van der Waals surface area contributed by atoms with E-state index in [-0.39, 0.29) is 35.6 Å². The molecule has 1 atom stereocenters. The van der Waals surface area contributed by atoms with Crippen LogP contribution < -0.4 is 10.1 Å². The van der Waals surface area contributed by atoms with Gasteiger partial charge in [0.2, 0.25) is 0 Å². The normalized spacial score (nSPS) is 20.4. The quantitative estimate of drug-likeness (QED) is 0.691. The van der Waals surface area contributed by atoms with Gasteiger partial charge in [-0.25, -0.2) is 0 Å². The highest BCUT2D eigenvalue weighted by atomic mass is 19.4. The van der Waals surface area contributed by atoms with Crippen molar-refractivity contribution in [1.82, 2.24) is 10.2 Å². The number of ketones is 2. The molecule has 2 aromatic rings. The monoisotopic (exact) mass is 444 g/mol. The van der Waals surface area contributed by atoms with Gasteiger partial charge in [0.25, 0.3) is 5.72 Å². The highest BCUT2D eigenvalue weighted by molar-refractivity contribution is 6.15. The van der Waals surface area contributed by atoms with E-state index >= 15 is 0 Å². The fourth-order valence-electron chi connectivity index (χ4n) is 3.86. The first-order valence-corrected chi connectivity index (χ1v) is 9.74. The summed E-state index contributed by atoms with van der Waals surface area (Å²) in [6.45, 7) is -0.183. The summed E-state index contributed by atoms with van der Waals surface area (Å²) in [6.07, 6.45) is -4.35. The van der Waals surface area contributed by atoms with E-state index in [1.165, 1.54) is 43.5 Å². The summed E-state index contributed by atoms with van der Waals surface area (Å²) in [5.41, 5.74) is -4.49. The Hall–Kier alpha value is -3.59. The third-order valence-electron chi connectivity index (χ3n) is 5.48. The van der Waals surface area contributed by atoms with E-state index in [4.69, 9.17) is 4.74 Å². The first-order valence-electron chi connectivity index (χ1n) is 9.74. The molecule has 0 amide bonds. The second-order valence-electron chi connectivity index (χ2n) is 7.32. The lowest BCUT2D eigenvalue weighted by atomic mass is 9.86. The maximum absolute atomic E-state index is 14.2. The predicted molar refractivity (Wildman–Crippen MR) is 109 cm³/mol. The van der Waals surface area contributed by atoms with E-state index in [1.807, 2.05) is 0 Å². The number of hydrogen-bond donors (Lipinski definition) is 2. The molecule has 1 unspecified atom stereocenters. The SMILES string of the molecule is COc1ccc(C(=O)C2=C3NCCN3C(O)(C(F)(F)F)C(C(=O)c3ccccc3)=C2)cc1. The number of hydrogen-bond acceptors (Lipinski definition) is 6. The van der Waals surface area contributed by atoms with Crippen LogP contribution in [0, 0.1) is 0 Å². The molecule has 0 aromatic heterocycles. The summed E-state index contributed by atoms with van der Waals surface area (Å²) < 4.78 is 47.6. The van der Waals surface area contributed by atoms with Crippen LogP contribution in [-0.4, -0.2) is 53.7 Å². The standard InChI is InChI=1S/C23H19F3N2O4/c1-32-16-9-7-15(8-10-16)19(29)17-13-18(20(30)14-5-3-2-4-6-14)22(31,23(24,25)26)28-12-11-27-21(17)28/h2-10,13,27,31H,11-12H2,1H3. The average molecular weight is 444 g/mol. The number of benzene rings is 2. The number of Topliss-reactive ketones (excluding diaryl/α,β-unsaturated/α-hetero) is 2. The van der Waals surface area contributed by atoms with Crippen LogP contribution >= 0.6 is 0 Å². The van der Waals surface area contributed by atoms with Gasteiger partial charge in [0, 0.05) is 24.2 Å². The van der Waals surface area contributed by atoms with Gasteiger partial charge in [-0.3, -0.25) is 9.59 Å². The first kappa shape index (κ1) is 21.6. The highest BCUT2D eigenvalue weighted by Crippen LogP contribution is 2.46. The highest BCUT2D eigenvalue weighted by Gasteiger charge is 2.65. The Labute approximate surface area is 181 Å². The Morgan fingerprint density at radius 3 is 2.25 bits per heavy atom. The number of rotatable bonds is 5. The number of carbonyl (C=O) groups excluding carboxylic acids is 2. The van der Waals surface area contributed by atoms with E-state index in [0.29, 0.717) is 10.6 Å². The lowest BCUT2D eigenvalue weighted by Gasteiger charge is -2.43. The van der Waals surface area contributed by atoms with Gasteiger partial charge in [-0.15, -0.1) is 0 Å². The number of alkyl halides is 3. The van der Waals surface area contributed by atoms with Crippen molar-refractivity contribution in [2.75, 3.05) is 20.2 Å². The van der Waals surface area contributed by atoms with Crippen molar-refractivity contribution in [3.8, 4) is 5.75 Å². The molecule has 1 fully saturated rings. The molecule has 166 valence electrons. The molecule has 2 aliphatic heterocycles.